The highest BCUT2D eigenvalue weighted by Gasteiger charge is 2.05. The highest BCUT2D eigenvalue weighted by atomic mass is 35.5. The van der Waals surface area contributed by atoms with Gasteiger partial charge in [-0.15, -0.1) is 0 Å². The summed E-state index contributed by atoms with van der Waals surface area (Å²) < 4.78 is 5.18. The van der Waals surface area contributed by atoms with E-state index >= 15 is 0 Å². The summed E-state index contributed by atoms with van der Waals surface area (Å²) in [6.45, 7) is 0. The molecule has 1 aromatic heterocycles. The van der Waals surface area contributed by atoms with Crippen LogP contribution in [0.4, 0.5) is 0 Å². The maximum absolute atomic E-state index is 11.7. The van der Waals surface area contributed by atoms with E-state index < -0.39 is 0 Å². The second kappa shape index (κ2) is 5.69. The molecule has 0 aliphatic heterocycles. The Morgan fingerprint density at radius 2 is 1.94 bits per heavy atom. The van der Waals surface area contributed by atoms with Crippen LogP contribution in [0.15, 0.2) is 47.1 Å². The monoisotopic (exact) mass is 248 g/mol. The summed E-state index contributed by atoms with van der Waals surface area (Å²) in [7, 11) is 0. The molecule has 0 saturated carbocycles. The Morgan fingerprint density at radius 3 is 2.59 bits per heavy atom. The minimum Gasteiger partial charge on any atom is -0.469 e. The van der Waals surface area contributed by atoms with Crippen molar-refractivity contribution in [3.63, 3.8) is 0 Å². The van der Waals surface area contributed by atoms with Crippen LogP contribution < -0.4 is 0 Å². The molecule has 0 bridgehead atoms. The number of hydrogen-bond donors (Lipinski definition) is 0. The quantitative estimate of drug-likeness (QED) is 0.808. The highest BCUT2D eigenvalue weighted by Crippen LogP contribution is 2.11. The van der Waals surface area contributed by atoms with E-state index in [0.29, 0.717) is 24.3 Å². The van der Waals surface area contributed by atoms with Gasteiger partial charge in [-0.1, -0.05) is 23.7 Å². The molecule has 0 radical (unpaired) electrons. The Balaban J connectivity index is 1.83. The number of aryl methyl sites for hydroxylation is 1. The van der Waals surface area contributed by atoms with Gasteiger partial charge in [-0.3, -0.25) is 4.79 Å². The van der Waals surface area contributed by atoms with Gasteiger partial charge in [0.05, 0.1) is 6.26 Å². The molecule has 0 saturated heterocycles. The number of Topliss-reactive ketones (excluding diaryl/α,β-unsaturated/α-hetero) is 1. The van der Waals surface area contributed by atoms with Crippen molar-refractivity contribution in [3.05, 3.63) is 59.0 Å². The smallest absolute Gasteiger partial charge is 0.137 e. The van der Waals surface area contributed by atoms with E-state index in [0.717, 1.165) is 11.3 Å². The molecule has 88 valence electrons. The summed E-state index contributed by atoms with van der Waals surface area (Å²) in [6.07, 6.45) is 3.26. The van der Waals surface area contributed by atoms with Crippen LogP contribution in [0.5, 0.6) is 0 Å². The van der Waals surface area contributed by atoms with Crippen molar-refractivity contribution in [3.8, 4) is 0 Å². The minimum absolute atomic E-state index is 0.212. The summed E-state index contributed by atoms with van der Waals surface area (Å²) in [5, 5.41) is 0.691. The molecule has 0 amide bonds. The molecule has 2 rings (SSSR count). The normalized spacial score (nSPS) is 10.4. The van der Waals surface area contributed by atoms with Gasteiger partial charge in [-0.2, -0.15) is 0 Å². The number of rotatable bonds is 5. The van der Waals surface area contributed by atoms with E-state index in [1.54, 1.807) is 18.4 Å². The largest absolute Gasteiger partial charge is 0.469 e. The third kappa shape index (κ3) is 3.75. The number of furan rings is 1. The van der Waals surface area contributed by atoms with Crippen molar-refractivity contribution < 1.29 is 9.21 Å². The zero-order valence-electron chi connectivity index (χ0n) is 9.36. The average Bonchev–Trinajstić information content (AvgIpc) is 2.83. The third-order valence-corrected chi connectivity index (χ3v) is 2.80. The molecule has 2 nitrogen and oxygen atoms in total. The lowest BCUT2D eigenvalue weighted by Crippen LogP contribution is -2.03. The van der Waals surface area contributed by atoms with Crippen molar-refractivity contribution in [2.24, 2.45) is 0 Å². The maximum Gasteiger partial charge on any atom is 0.137 e. The summed E-state index contributed by atoms with van der Waals surface area (Å²) in [4.78, 5) is 11.7. The van der Waals surface area contributed by atoms with Crippen molar-refractivity contribution in [2.45, 2.75) is 19.3 Å². The highest BCUT2D eigenvalue weighted by molar-refractivity contribution is 6.30. The van der Waals surface area contributed by atoms with Crippen LogP contribution in [0.25, 0.3) is 0 Å². The van der Waals surface area contributed by atoms with E-state index in [4.69, 9.17) is 16.0 Å². The summed E-state index contributed by atoms with van der Waals surface area (Å²) >= 11 is 5.78. The number of benzene rings is 1. The number of hydrogen-bond acceptors (Lipinski definition) is 2. The SMILES string of the molecule is O=C(CCc1ccco1)Cc1ccc(Cl)cc1. The fourth-order valence-electron chi connectivity index (χ4n) is 1.64. The van der Waals surface area contributed by atoms with Gasteiger partial charge >= 0.3 is 0 Å². The minimum atomic E-state index is 0.212. The van der Waals surface area contributed by atoms with Crippen molar-refractivity contribution in [2.75, 3.05) is 0 Å². The molecule has 0 atom stereocenters. The van der Waals surface area contributed by atoms with Crippen LogP contribution in [-0.4, -0.2) is 5.78 Å². The molecule has 3 heteroatoms. The molecule has 0 aliphatic carbocycles. The summed E-state index contributed by atoms with van der Waals surface area (Å²) in [5.74, 6) is 1.07. The molecule has 0 spiro atoms. The molecule has 0 unspecified atom stereocenters. The first-order chi connectivity index (χ1) is 8.24. The first-order valence-electron chi connectivity index (χ1n) is 5.52. The van der Waals surface area contributed by atoms with Crippen LogP contribution in [-0.2, 0) is 17.6 Å². The number of halogens is 1. The maximum atomic E-state index is 11.7. The van der Waals surface area contributed by atoms with Gasteiger partial charge in [0.1, 0.15) is 11.5 Å². The zero-order valence-corrected chi connectivity index (χ0v) is 10.1. The van der Waals surface area contributed by atoms with E-state index in [2.05, 4.69) is 0 Å². The van der Waals surface area contributed by atoms with Crippen LogP contribution >= 0.6 is 11.6 Å². The fourth-order valence-corrected chi connectivity index (χ4v) is 1.76. The predicted molar refractivity (Wildman–Crippen MR) is 67.2 cm³/mol. The third-order valence-electron chi connectivity index (χ3n) is 2.54. The van der Waals surface area contributed by atoms with Gasteiger partial charge in [0.25, 0.3) is 0 Å². The van der Waals surface area contributed by atoms with Crippen molar-refractivity contribution >= 4 is 17.4 Å². The second-order valence-corrected chi connectivity index (χ2v) is 4.36. The molecular formula is C14H13ClO2. The summed E-state index contributed by atoms with van der Waals surface area (Å²) in [6, 6.07) is 11.1. The molecule has 1 aromatic carbocycles. The van der Waals surface area contributed by atoms with Gasteiger partial charge in [-0.25, -0.2) is 0 Å². The molecule has 2 aromatic rings. The second-order valence-electron chi connectivity index (χ2n) is 3.92. The van der Waals surface area contributed by atoms with E-state index in [1.807, 2.05) is 24.3 Å². The topological polar surface area (TPSA) is 30.2 Å². The van der Waals surface area contributed by atoms with Crippen LogP contribution in [0.1, 0.15) is 17.7 Å². The number of carbonyl (C=O) groups excluding carboxylic acids is 1. The van der Waals surface area contributed by atoms with Gasteiger partial charge in [0.2, 0.25) is 0 Å². The van der Waals surface area contributed by atoms with E-state index in [-0.39, 0.29) is 5.78 Å². The van der Waals surface area contributed by atoms with Crippen LogP contribution in [0, 0.1) is 0 Å². The van der Waals surface area contributed by atoms with Crippen LogP contribution in [0.3, 0.4) is 0 Å². The standard InChI is InChI=1S/C14H13ClO2/c15-12-5-3-11(4-6-12)10-13(16)7-8-14-2-1-9-17-14/h1-6,9H,7-8,10H2. The molecule has 0 N–H and O–H groups in total. The zero-order chi connectivity index (χ0) is 12.1. The average molecular weight is 249 g/mol. The lowest BCUT2D eigenvalue weighted by Gasteiger charge is -2.00. The molecule has 17 heavy (non-hydrogen) atoms. The van der Waals surface area contributed by atoms with Crippen molar-refractivity contribution in [1.29, 1.82) is 0 Å². The Kier molecular flexibility index (Phi) is 3.99. The molecular weight excluding hydrogens is 236 g/mol. The number of carbonyl (C=O) groups is 1. The molecule has 0 fully saturated rings. The molecule has 0 aliphatic rings. The van der Waals surface area contributed by atoms with Gasteiger partial charge in [0, 0.05) is 24.3 Å². The predicted octanol–water partition coefficient (Wildman–Crippen LogP) is 3.68. The number of ketones is 1. The van der Waals surface area contributed by atoms with Gasteiger partial charge in [-0.05, 0) is 29.8 Å². The Hall–Kier alpha value is -1.54. The van der Waals surface area contributed by atoms with Crippen LogP contribution in [0.2, 0.25) is 5.02 Å². The summed E-state index contributed by atoms with van der Waals surface area (Å²) in [5.41, 5.74) is 0.999. The fraction of sp³-hybridized carbons (Fsp3) is 0.214. The van der Waals surface area contributed by atoms with E-state index in [1.165, 1.54) is 0 Å². The Morgan fingerprint density at radius 1 is 1.18 bits per heavy atom. The van der Waals surface area contributed by atoms with Gasteiger partial charge in [0.15, 0.2) is 0 Å². The lowest BCUT2D eigenvalue weighted by atomic mass is 10.1. The first-order valence-corrected chi connectivity index (χ1v) is 5.90. The van der Waals surface area contributed by atoms with E-state index in [9.17, 15) is 4.79 Å². The first kappa shape index (κ1) is 11.9. The Labute approximate surface area is 105 Å². The Bertz CT molecular complexity index is 471. The van der Waals surface area contributed by atoms with Gasteiger partial charge < -0.3 is 4.42 Å². The lowest BCUT2D eigenvalue weighted by molar-refractivity contribution is -0.118. The molecule has 1 heterocycles. The van der Waals surface area contributed by atoms with Crippen molar-refractivity contribution in [1.82, 2.24) is 0 Å².